The van der Waals surface area contributed by atoms with Crippen molar-refractivity contribution in [2.24, 2.45) is 0 Å². The lowest BCUT2D eigenvalue weighted by atomic mass is 10.2. The second-order valence-electron chi connectivity index (χ2n) is 6.50. The molecule has 1 fully saturated rings. The Balaban J connectivity index is 1.96. The monoisotopic (exact) mass is 413 g/mol. The summed E-state index contributed by atoms with van der Waals surface area (Å²) in [5, 5.41) is 13.3. The van der Waals surface area contributed by atoms with E-state index in [1.54, 1.807) is 13.8 Å². The Hall–Kier alpha value is -2.53. The molecule has 11 heteroatoms. The van der Waals surface area contributed by atoms with Gasteiger partial charge in [0.05, 0.1) is 16.4 Å². The van der Waals surface area contributed by atoms with E-state index in [1.807, 2.05) is 0 Å². The summed E-state index contributed by atoms with van der Waals surface area (Å²) in [4.78, 5) is 34.6. The lowest BCUT2D eigenvalue weighted by molar-refractivity contribution is -0.384. The number of nitrogens with one attached hydrogen (secondary N) is 1. The van der Waals surface area contributed by atoms with Crippen molar-refractivity contribution in [3.05, 3.63) is 33.9 Å². The summed E-state index contributed by atoms with van der Waals surface area (Å²) in [7, 11) is -3.54. The van der Waals surface area contributed by atoms with Gasteiger partial charge >= 0.3 is 5.97 Å². The standard InChI is InChI=1S/C17H23N3O7S/c1-3-9-28(25,26)19-8-4-5-15(19)17(22)27-11-16(21)18-14-10-13(20(23)24)7-6-12(14)2/h6-7,10,15H,3-5,8-9,11H2,1-2H3,(H,18,21)/t15-/m1/s1. The molecule has 0 saturated carbocycles. The van der Waals surface area contributed by atoms with Crippen molar-refractivity contribution in [2.45, 2.75) is 39.2 Å². The van der Waals surface area contributed by atoms with Crippen LogP contribution < -0.4 is 5.32 Å². The van der Waals surface area contributed by atoms with Gasteiger partial charge in [0, 0.05) is 18.7 Å². The van der Waals surface area contributed by atoms with Crippen molar-refractivity contribution in [2.75, 3.05) is 24.2 Å². The van der Waals surface area contributed by atoms with E-state index in [1.165, 1.54) is 18.2 Å². The average Bonchev–Trinajstić information content (AvgIpc) is 3.12. The first kappa shape index (κ1) is 21.8. The third-order valence-electron chi connectivity index (χ3n) is 4.35. The number of benzene rings is 1. The van der Waals surface area contributed by atoms with Gasteiger partial charge in [0.2, 0.25) is 10.0 Å². The summed E-state index contributed by atoms with van der Waals surface area (Å²) in [5.41, 5.74) is 0.668. The van der Waals surface area contributed by atoms with Crippen LogP contribution in [0.25, 0.3) is 0 Å². The molecule has 0 aliphatic carbocycles. The van der Waals surface area contributed by atoms with Gasteiger partial charge in [-0.15, -0.1) is 0 Å². The molecule has 0 spiro atoms. The van der Waals surface area contributed by atoms with E-state index < -0.39 is 39.5 Å². The molecular formula is C17H23N3O7S. The van der Waals surface area contributed by atoms with Crippen LogP contribution in [0.3, 0.4) is 0 Å². The SMILES string of the molecule is CCCS(=O)(=O)N1CCC[C@@H]1C(=O)OCC(=O)Nc1cc([N+](=O)[O-])ccc1C. The first-order chi connectivity index (χ1) is 13.2. The number of hydrogen-bond acceptors (Lipinski definition) is 7. The zero-order valence-electron chi connectivity index (χ0n) is 15.7. The fourth-order valence-corrected chi connectivity index (χ4v) is 4.70. The van der Waals surface area contributed by atoms with Crippen LogP contribution in [-0.2, 0) is 24.3 Å². The van der Waals surface area contributed by atoms with E-state index in [2.05, 4.69) is 5.32 Å². The number of hydrogen-bond donors (Lipinski definition) is 1. The third kappa shape index (κ3) is 5.26. The lowest BCUT2D eigenvalue weighted by Crippen LogP contribution is -2.43. The van der Waals surface area contributed by atoms with Gasteiger partial charge in [-0.2, -0.15) is 4.31 Å². The first-order valence-electron chi connectivity index (χ1n) is 8.86. The second-order valence-corrected chi connectivity index (χ2v) is 8.54. The van der Waals surface area contributed by atoms with Crippen LogP contribution in [0.2, 0.25) is 0 Å². The molecule has 1 heterocycles. The summed E-state index contributed by atoms with van der Waals surface area (Å²) >= 11 is 0. The minimum absolute atomic E-state index is 0.0523. The minimum Gasteiger partial charge on any atom is -0.454 e. The Morgan fingerprint density at radius 2 is 2.11 bits per heavy atom. The van der Waals surface area contributed by atoms with Crippen LogP contribution in [0, 0.1) is 17.0 Å². The Bertz CT molecular complexity index is 870. The number of nitro groups is 1. The summed E-state index contributed by atoms with van der Waals surface area (Å²) in [5.74, 6) is -1.50. The number of carbonyl (C=O) groups excluding carboxylic acids is 2. The maximum Gasteiger partial charge on any atom is 0.324 e. The number of nitrogens with zero attached hydrogens (tertiary/aromatic N) is 2. The average molecular weight is 413 g/mol. The van der Waals surface area contributed by atoms with Gasteiger partial charge < -0.3 is 10.1 Å². The largest absolute Gasteiger partial charge is 0.454 e. The fraction of sp³-hybridized carbons (Fsp3) is 0.529. The van der Waals surface area contributed by atoms with Gasteiger partial charge in [-0.05, 0) is 31.7 Å². The highest BCUT2D eigenvalue weighted by Crippen LogP contribution is 2.24. The van der Waals surface area contributed by atoms with Crippen molar-refractivity contribution in [3.8, 4) is 0 Å². The van der Waals surface area contributed by atoms with E-state index in [0.29, 0.717) is 24.8 Å². The van der Waals surface area contributed by atoms with Gasteiger partial charge in [-0.3, -0.25) is 19.7 Å². The molecule has 2 rings (SSSR count). The maximum atomic E-state index is 12.3. The molecule has 0 aromatic heterocycles. The zero-order chi connectivity index (χ0) is 20.9. The third-order valence-corrected chi connectivity index (χ3v) is 6.42. The van der Waals surface area contributed by atoms with E-state index >= 15 is 0 Å². The van der Waals surface area contributed by atoms with Crippen LogP contribution in [0.15, 0.2) is 18.2 Å². The molecule has 154 valence electrons. The number of ether oxygens (including phenoxy) is 1. The molecule has 1 amide bonds. The molecule has 1 aromatic rings. The van der Waals surface area contributed by atoms with Crippen molar-refractivity contribution in [1.82, 2.24) is 4.31 Å². The van der Waals surface area contributed by atoms with E-state index in [0.717, 1.165) is 4.31 Å². The molecule has 1 aliphatic heterocycles. The number of nitro benzene ring substituents is 1. The summed E-state index contributed by atoms with van der Waals surface area (Å²) in [6.07, 6.45) is 1.32. The topological polar surface area (TPSA) is 136 Å². The second kappa shape index (κ2) is 9.11. The molecule has 1 atom stereocenters. The predicted octanol–water partition coefficient (Wildman–Crippen LogP) is 1.59. The normalized spacial score (nSPS) is 17.3. The van der Waals surface area contributed by atoms with E-state index in [9.17, 15) is 28.1 Å². The molecule has 0 unspecified atom stereocenters. The van der Waals surface area contributed by atoms with Gasteiger partial charge in [0.15, 0.2) is 6.61 Å². The van der Waals surface area contributed by atoms with Gasteiger partial charge in [-0.25, -0.2) is 8.42 Å². The highest BCUT2D eigenvalue weighted by Gasteiger charge is 2.39. The lowest BCUT2D eigenvalue weighted by Gasteiger charge is -2.22. The highest BCUT2D eigenvalue weighted by atomic mass is 32.2. The molecule has 1 saturated heterocycles. The van der Waals surface area contributed by atoms with E-state index in [4.69, 9.17) is 4.74 Å². The Morgan fingerprint density at radius 1 is 1.39 bits per heavy atom. The van der Waals surface area contributed by atoms with Crippen LogP contribution in [-0.4, -0.2) is 54.5 Å². The Labute approximate surface area is 163 Å². The molecule has 10 nitrogen and oxygen atoms in total. The van der Waals surface area contributed by atoms with Gasteiger partial charge in [-0.1, -0.05) is 13.0 Å². The Kier molecular flexibility index (Phi) is 7.08. The van der Waals surface area contributed by atoms with Crippen LogP contribution >= 0.6 is 0 Å². The van der Waals surface area contributed by atoms with E-state index in [-0.39, 0.29) is 23.7 Å². The Morgan fingerprint density at radius 3 is 2.75 bits per heavy atom. The number of sulfonamides is 1. The van der Waals surface area contributed by atoms with Crippen molar-refractivity contribution in [3.63, 3.8) is 0 Å². The van der Waals surface area contributed by atoms with Crippen molar-refractivity contribution < 1.29 is 27.7 Å². The number of anilines is 1. The highest BCUT2D eigenvalue weighted by molar-refractivity contribution is 7.89. The first-order valence-corrected chi connectivity index (χ1v) is 10.5. The van der Waals surface area contributed by atoms with Crippen molar-refractivity contribution in [1.29, 1.82) is 0 Å². The van der Waals surface area contributed by atoms with Gasteiger partial charge in [0.1, 0.15) is 6.04 Å². The number of amides is 1. The predicted molar refractivity (Wildman–Crippen MR) is 101 cm³/mol. The van der Waals surface area contributed by atoms with Crippen molar-refractivity contribution >= 4 is 33.3 Å². The molecule has 1 N–H and O–H groups in total. The summed E-state index contributed by atoms with van der Waals surface area (Å²) in [6, 6.07) is 3.10. The van der Waals surface area contributed by atoms with Crippen LogP contribution in [0.1, 0.15) is 31.7 Å². The maximum absolute atomic E-state index is 12.3. The summed E-state index contributed by atoms with van der Waals surface area (Å²) in [6.45, 7) is 3.04. The minimum atomic E-state index is -3.54. The molecule has 28 heavy (non-hydrogen) atoms. The molecule has 0 bridgehead atoms. The van der Waals surface area contributed by atoms with Gasteiger partial charge in [0.25, 0.3) is 11.6 Å². The zero-order valence-corrected chi connectivity index (χ0v) is 16.5. The number of carbonyl (C=O) groups is 2. The number of non-ortho nitro benzene ring substituents is 1. The summed E-state index contributed by atoms with van der Waals surface area (Å²) < 4.78 is 30.6. The quantitative estimate of drug-likeness (QED) is 0.388. The number of esters is 1. The number of rotatable bonds is 8. The smallest absolute Gasteiger partial charge is 0.324 e. The molecule has 1 aromatic carbocycles. The van der Waals surface area contributed by atoms with Crippen LogP contribution in [0.5, 0.6) is 0 Å². The fourth-order valence-electron chi connectivity index (χ4n) is 2.96. The van der Waals surface area contributed by atoms with Crippen LogP contribution in [0.4, 0.5) is 11.4 Å². The number of aryl methyl sites for hydroxylation is 1. The molecular weight excluding hydrogens is 390 g/mol. The molecule has 1 aliphatic rings. The molecule has 0 radical (unpaired) electrons.